The summed E-state index contributed by atoms with van der Waals surface area (Å²) in [6, 6.07) is 6.87. The van der Waals surface area contributed by atoms with E-state index in [1.54, 1.807) is 24.3 Å². The van der Waals surface area contributed by atoms with E-state index in [-0.39, 0.29) is 4.49 Å². The first kappa shape index (κ1) is 9.72. The number of hydrogen-bond donors (Lipinski definition) is 0. The molecule has 0 saturated carbocycles. The fraction of sp³-hybridized carbons (Fsp3) is 0. The van der Waals surface area contributed by atoms with Crippen molar-refractivity contribution in [3.63, 3.8) is 0 Å². The van der Waals surface area contributed by atoms with Gasteiger partial charge in [0.05, 0.1) is 0 Å². The highest BCUT2D eigenvalue weighted by molar-refractivity contribution is 6.55. The first-order valence-corrected chi connectivity index (χ1v) is 4.25. The van der Waals surface area contributed by atoms with E-state index in [1.165, 1.54) is 6.26 Å². The van der Waals surface area contributed by atoms with E-state index >= 15 is 0 Å². The van der Waals surface area contributed by atoms with Crippen molar-refractivity contribution in [1.82, 2.24) is 0 Å². The monoisotopic (exact) mass is 222 g/mol. The minimum atomic E-state index is 0.0740. The molecule has 0 atom stereocenters. The van der Waals surface area contributed by atoms with Crippen LogP contribution in [0.1, 0.15) is 0 Å². The minimum Gasteiger partial charge on any atom is -0.463 e. The van der Waals surface area contributed by atoms with E-state index in [4.69, 9.17) is 39.5 Å². The van der Waals surface area contributed by atoms with Crippen molar-refractivity contribution in [2.75, 3.05) is 0 Å². The minimum absolute atomic E-state index is 0.0740. The number of rotatable bonds is 2. The van der Waals surface area contributed by atoms with Gasteiger partial charge in [0.15, 0.2) is 0 Å². The summed E-state index contributed by atoms with van der Waals surface area (Å²) >= 11 is 16.3. The molecular weight excluding hydrogens is 218 g/mol. The lowest BCUT2D eigenvalue weighted by Gasteiger charge is -1.98. The van der Waals surface area contributed by atoms with E-state index in [9.17, 15) is 0 Å². The van der Waals surface area contributed by atoms with E-state index in [0.717, 1.165) is 0 Å². The van der Waals surface area contributed by atoms with Gasteiger partial charge in [-0.25, -0.2) is 0 Å². The molecule has 0 saturated heterocycles. The second-order valence-corrected chi connectivity index (χ2v) is 3.42. The van der Waals surface area contributed by atoms with Gasteiger partial charge in [0, 0.05) is 5.02 Å². The van der Waals surface area contributed by atoms with Crippen LogP contribution in [0.5, 0.6) is 5.75 Å². The fourth-order valence-electron chi connectivity index (χ4n) is 0.626. The van der Waals surface area contributed by atoms with Crippen LogP contribution >= 0.6 is 34.8 Å². The van der Waals surface area contributed by atoms with Gasteiger partial charge >= 0.3 is 0 Å². The fourth-order valence-corrected chi connectivity index (χ4v) is 0.841. The van der Waals surface area contributed by atoms with Crippen LogP contribution in [0.4, 0.5) is 0 Å². The lowest BCUT2D eigenvalue weighted by molar-refractivity contribution is 0.481. The third-order valence-corrected chi connectivity index (χ3v) is 1.53. The van der Waals surface area contributed by atoms with Gasteiger partial charge in [-0.15, -0.1) is 0 Å². The summed E-state index contributed by atoms with van der Waals surface area (Å²) in [5.41, 5.74) is 0. The Morgan fingerprint density at radius 2 is 1.75 bits per heavy atom. The molecule has 64 valence electrons. The van der Waals surface area contributed by atoms with Crippen LogP contribution in [0.2, 0.25) is 5.02 Å². The maximum absolute atomic E-state index is 5.65. The third kappa shape index (κ3) is 3.35. The molecule has 0 aliphatic heterocycles. The van der Waals surface area contributed by atoms with Gasteiger partial charge in [0.25, 0.3) is 0 Å². The summed E-state index contributed by atoms with van der Waals surface area (Å²) < 4.78 is 5.11. The molecule has 1 aromatic rings. The van der Waals surface area contributed by atoms with Crippen molar-refractivity contribution in [3.8, 4) is 5.75 Å². The molecular formula is C8H5Cl3O. The summed E-state index contributed by atoms with van der Waals surface area (Å²) in [7, 11) is 0. The number of hydrogen-bond acceptors (Lipinski definition) is 1. The molecule has 1 aromatic carbocycles. The van der Waals surface area contributed by atoms with Gasteiger partial charge in [-0.3, -0.25) is 0 Å². The Balaban J connectivity index is 2.65. The molecule has 0 radical (unpaired) electrons. The molecule has 1 nitrogen and oxygen atoms in total. The topological polar surface area (TPSA) is 9.23 Å². The Morgan fingerprint density at radius 1 is 1.17 bits per heavy atom. The van der Waals surface area contributed by atoms with Crippen molar-refractivity contribution < 1.29 is 4.74 Å². The first-order valence-electron chi connectivity index (χ1n) is 3.12. The van der Waals surface area contributed by atoms with Crippen LogP contribution in [-0.4, -0.2) is 0 Å². The summed E-state index contributed by atoms with van der Waals surface area (Å²) in [4.78, 5) is 0. The van der Waals surface area contributed by atoms with E-state index < -0.39 is 0 Å². The summed E-state index contributed by atoms with van der Waals surface area (Å²) in [6.45, 7) is 0. The maximum Gasteiger partial charge on any atom is 0.141 e. The van der Waals surface area contributed by atoms with E-state index in [0.29, 0.717) is 10.8 Å². The Hall–Kier alpha value is -0.370. The van der Waals surface area contributed by atoms with Crippen molar-refractivity contribution in [3.05, 3.63) is 40.0 Å². The van der Waals surface area contributed by atoms with Crippen molar-refractivity contribution in [2.45, 2.75) is 0 Å². The maximum atomic E-state index is 5.65. The van der Waals surface area contributed by atoms with E-state index in [1.807, 2.05) is 0 Å². The molecule has 12 heavy (non-hydrogen) atoms. The zero-order valence-corrected chi connectivity index (χ0v) is 8.20. The molecule has 0 bridgehead atoms. The molecule has 0 aliphatic carbocycles. The van der Waals surface area contributed by atoms with Crippen LogP contribution in [-0.2, 0) is 0 Å². The van der Waals surface area contributed by atoms with Crippen molar-refractivity contribution in [2.24, 2.45) is 0 Å². The molecule has 0 N–H and O–H groups in total. The number of ether oxygens (including phenoxy) is 1. The lowest BCUT2D eigenvalue weighted by Crippen LogP contribution is -1.80. The SMILES string of the molecule is ClC(Cl)=COc1ccc(Cl)cc1. The standard InChI is InChI=1S/C8H5Cl3O/c9-6-1-3-7(4-2-6)12-5-8(10)11/h1-5H. The Morgan fingerprint density at radius 3 is 2.25 bits per heavy atom. The van der Waals surface area contributed by atoms with Crippen LogP contribution < -0.4 is 4.74 Å². The molecule has 0 aromatic heterocycles. The molecule has 1 rings (SSSR count). The average molecular weight is 223 g/mol. The van der Waals surface area contributed by atoms with Gasteiger partial charge in [0.2, 0.25) is 0 Å². The number of halogens is 3. The second kappa shape index (κ2) is 4.61. The zero-order valence-electron chi connectivity index (χ0n) is 5.93. The van der Waals surface area contributed by atoms with Gasteiger partial charge in [-0.05, 0) is 24.3 Å². The highest BCUT2D eigenvalue weighted by Crippen LogP contribution is 2.17. The largest absolute Gasteiger partial charge is 0.463 e. The smallest absolute Gasteiger partial charge is 0.141 e. The molecule has 0 unspecified atom stereocenters. The highest BCUT2D eigenvalue weighted by atomic mass is 35.5. The normalized spacial score (nSPS) is 9.25. The molecule has 0 spiro atoms. The van der Waals surface area contributed by atoms with Crippen LogP contribution in [0.25, 0.3) is 0 Å². The lowest BCUT2D eigenvalue weighted by atomic mass is 10.3. The molecule has 0 heterocycles. The molecule has 0 aliphatic rings. The first-order chi connectivity index (χ1) is 5.68. The van der Waals surface area contributed by atoms with Crippen molar-refractivity contribution in [1.29, 1.82) is 0 Å². The van der Waals surface area contributed by atoms with Crippen LogP contribution in [0, 0.1) is 0 Å². The molecule has 0 amide bonds. The summed E-state index contributed by atoms with van der Waals surface area (Å²) in [6.07, 6.45) is 1.24. The van der Waals surface area contributed by atoms with Gasteiger partial charge in [-0.1, -0.05) is 34.8 Å². The van der Waals surface area contributed by atoms with Crippen molar-refractivity contribution >= 4 is 34.8 Å². The Bertz CT molecular complexity index is 275. The van der Waals surface area contributed by atoms with Gasteiger partial charge < -0.3 is 4.74 Å². The van der Waals surface area contributed by atoms with Gasteiger partial charge in [-0.2, -0.15) is 0 Å². The Labute approximate surface area is 85.5 Å². The molecule has 4 heteroatoms. The predicted octanol–water partition coefficient (Wildman–Crippen LogP) is 4.00. The third-order valence-electron chi connectivity index (χ3n) is 1.10. The van der Waals surface area contributed by atoms with Gasteiger partial charge in [0.1, 0.15) is 16.5 Å². The summed E-state index contributed by atoms with van der Waals surface area (Å²) in [5, 5.41) is 0.656. The van der Waals surface area contributed by atoms with Crippen LogP contribution in [0.15, 0.2) is 35.0 Å². The predicted molar refractivity (Wildman–Crippen MR) is 51.9 cm³/mol. The molecule has 0 fully saturated rings. The van der Waals surface area contributed by atoms with Crippen LogP contribution in [0.3, 0.4) is 0 Å². The summed E-state index contributed by atoms with van der Waals surface area (Å²) in [5.74, 6) is 0.637. The number of benzene rings is 1. The zero-order chi connectivity index (χ0) is 8.97. The Kier molecular flexibility index (Phi) is 3.73. The van der Waals surface area contributed by atoms with E-state index in [2.05, 4.69) is 0 Å². The quantitative estimate of drug-likeness (QED) is 0.689. The average Bonchev–Trinajstić information content (AvgIpc) is 2.03. The highest BCUT2D eigenvalue weighted by Gasteiger charge is 1.91. The second-order valence-electron chi connectivity index (χ2n) is 1.98.